The van der Waals surface area contributed by atoms with Gasteiger partial charge in [-0.15, -0.1) is 0 Å². The van der Waals surface area contributed by atoms with Crippen LogP contribution < -0.4 is 10.5 Å². The molecule has 88 valence electrons. The fraction of sp³-hybridized carbons (Fsp3) is 0.154. The first-order chi connectivity index (χ1) is 8.29. The second-order valence-corrected chi connectivity index (χ2v) is 4.51. The molecule has 1 aromatic heterocycles. The lowest BCUT2D eigenvalue weighted by molar-refractivity contribution is 0.401. The number of nitrogen functional groups attached to an aromatic ring is 1. The highest BCUT2D eigenvalue weighted by molar-refractivity contribution is 7.98. The number of rotatable bonds is 4. The average molecular weight is 246 g/mol. The van der Waals surface area contributed by atoms with Gasteiger partial charge in [0, 0.05) is 11.8 Å². The Bertz CT molecular complexity index is 488. The Labute approximate surface area is 105 Å². The predicted molar refractivity (Wildman–Crippen MR) is 71.2 cm³/mol. The smallest absolute Gasteiger partial charge is 0.153 e. The summed E-state index contributed by atoms with van der Waals surface area (Å²) < 4.78 is 5.25. The van der Waals surface area contributed by atoms with Gasteiger partial charge in [-0.2, -0.15) is 0 Å². The summed E-state index contributed by atoms with van der Waals surface area (Å²) in [6, 6.07) is 12.1. The van der Waals surface area contributed by atoms with Gasteiger partial charge >= 0.3 is 0 Å². The molecule has 17 heavy (non-hydrogen) atoms. The van der Waals surface area contributed by atoms with Gasteiger partial charge in [0.15, 0.2) is 5.75 Å². The molecule has 0 aliphatic rings. The Kier molecular flexibility index (Phi) is 3.88. The molecular weight excluding hydrogens is 232 g/mol. The summed E-state index contributed by atoms with van der Waals surface area (Å²) in [6.07, 6.45) is 1.65. The number of hydrogen-bond acceptors (Lipinski definition) is 4. The molecule has 0 amide bonds. The molecule has 0 spiro atoms. The number of thioether (sulfide) groups is 1. The van der Waals surface area contributed by atoms with E-state index in [-0.39, 0.29) is 0 Å². The van der Waals surface area contributed by atoms with E-state index in [4.69, 9.17) is 10.5 Å². The molecule has 0 unspecified atom stereocenters. The predicted octanol–water partition coefficient (Wildman–Crippen LogP) is 2.96. The lowest BCUT2D eigenvalue weighted by Gasteiger charge is -2.07. The first kappa shape index (κ1) is 11.8. The highest BCUT2D eigenvalue weighted by Crippen LogP contribution is 2.30. The SMILES string of the molecule is COc1cc(N)cnc1SCc1ccccc1. The molecule has 0 bridgehead atoms. The Hall–Kier alpha value is -1.68. The molecule has 1 heterocycles. The summed E-state index contributed by atoms with van der Waals surface area (Å²) in [5.41, 5.74) is 7.54. The van der Waals surface area contributed by atoms with E-state index in [0.717, 1.165) is 16.5 Å². The summed E-state index contributed by atoms with van der Waals surface area (Å²) in [5.74, 6) is 1.60. The van der Waals surface area contributed by atoms with Gasteiger partial charge in [0.1, 0.15) is 5.03 Å². The first-order valence-corrected chi connectivity index (χ1v) is 6.24. The minimum absolute atomic E-state index is 0.617. The van der Waals surface area contributed by atoms with E-state index in [2.05, 4.69) is 17.1 Å². The van der Waals surface area contributed by atoms with Crippen molar-refractivity contribution >= 4 is 17.4 Å². The number of pyridine rings is 1. The Morgan fingerprint density at radius 1 is 1.29 bits per heavy atom. The topological polar surface area (TPSA) is 48.1 Å². The van der Waals surface area contributed by atoms with Crippen molar-refractivity contribution in [2.24, 2.45) is 0 Å². The Morgan fingerprint density at radius 2 is 2.06 bits per heavy atom. The summed E-state index contributed by atoms with van der Waals surface area (Å²) in [5, 5.41) is 0.866. The third-order valence-electron chi connectivity index (χ3n) is 2.28. The molecule has 3 nitrogen and oxygen atoms in total. The number of benzene rings is 1. The minimum atomic E-state index is 0.617. The van der Waals surface area contributed by atoms with Crippen LogP contribution in [0.5, 0.6) is 5.75 Å². The fourth-order valence-electron chi connectivity index (χ4n) is 1.43. The van der Waals surface area contributed by atoms with E-state index in [1.165, 1.54) is 5.56 Å². The largest absolute Gasteiger partial charge is 0.494 e. The summed E-state index contributed by atoms with van der Waals surface area (Å²) in [7, 11) is 1.63. The highest BCUT2D eigenvalue weighted by atomic mass is 32.2. The van der Waals surface area contributed by atoms with Gasteiger partial charge in [-0.25, -0.2) is 4.98 Å². The van der Waals surface area contributed by atoms with Crippen molar-refractivity contribution in [2.75, 3.05) is 12.8 Å². The van der Waals surface area contributed by atoms with Crippen molar-refractivity contribution < 1.29 is 4.74 Å². The van der Waals surface area contributed by atoms with Crippen LogP contribution in [0.2, 0.25) is 0 Å². The lowest BCUT2D eigenvalue weighted by atomic mass is 10.2. The number of methoxy groups -OCH3 is 1. The van der Waals surface area contributed by atoms with Crippen LogP contribution in [-0.2, 0) is 5.75 Å². The quantitative estimate of drug-likeness (QED) is 0.843. The number of nitrogens with two attached hydrogens (primary N) is 1. The van der Waals surface area contributed by atoms with E-state index in [0.29, 0.717) is 5.69 Å². The zero-order chi connectivity index (χ0) is 12.1. The van der Waals surface area contributed by atoms with Crippen molar-refractivity contribution in [1.29, 1.82) is 0 Å². The number of aromatic nitrogens is 1. The summed E-state index contributed by atoms with van der Waals surface area (Å²) >= 11 is 1.64. The lowest BCUT2D eigenvalue weighted by Crippen LogP contribution is -1.93. The Morgan fingerprint density at radius 3 is 2.76 bits per heavy atom. The number of ether oxygens (including phenoxy) is 1. The summed E-state index contributed by atoms with van der Waals surface area (Å²) in [6.45, 7) is 0. The van der Waals surface area contributed by atoms with Gasteiger partial charge in [0.05, 0.1) is 19.0 Å². The van der Waals surface area contributed by atoms with E-state index < -0.39 is 0 Å². The van der Waals surface area contributed by atoms with Crippen LogP contribution in [0.3, 0.4) is 0 Å². The maximum absolute atomic E-state index is 5.66. The molecule has 0 radical (unpaired) electrons. The zero-order valence-electron chi connectivity index (χ0n) is 9.59. The third-order valence-corrected chi connectivity index (χ3v) is 3.34. The molecule has 0 fully saturated rings. The Balaban J connectivity index is 2.09. The van der Waals surface area contributed by atoms with Crippen LogP contribution in [0.25, 0.3) is 0 Å². The first-order valence-electron chi connectivity index (χ1n) is 5.26. The van der Waals surface area contributed by atoms with E-state index in [1.807, 2.05) is 18.2 Å². The van der Waals surface area contributed by atoms with E-state index in [1.54, 1.807) is 31.1 Å². The van der Waals surface area contributed by atoms with E-state index >= 15 is 0 Å². The third kappa shape index (κ3) is 3.14. The van der Waals surface area contributed by atoms with Gasteiger partial charge in [0.25, 0.3) is 0 Å². The number of nitrogens with zero attached hydrogens (tertiary/aromatic N) is 1. The molecule has 0 aliphatic heterocycles. The fourth-order valence-corrected chi connectivity index (χ4v) is 2.34. The second kappa shape index (κ2) is 5.59. The van der Waals surface area contributed by atoms with Gasteiger partial charge in [-0.1, -0.05) is 42.1 Å². The minimum Gasteiger partial charge on any atom is -0.494 e. The standard InChI is InChI=1S/C13H14N2OS/c1-16-12-7-11(14)8-15-13(12)17-9-10-5-3-2-4-6-10/h2-8H,9,14H2,1H3. The van der Waals surface area contributed by atoms with Crippen molar-refractivity contribution in [3.8, 4) is 5.75 Å². The van der Waals surface area contributed by atoms with Crippen LogP contribution in [0, 0.1) is 0 Å². The normalized spacial score (nSPS) is 10.2. The zero-order valence-corrected chi connectivity index (χ0v) is 10.4. The van der Waals surface area contributed by atoms with Crippen LogP contribution in [-0.4, -0.2) is 12.1 Å². The van der Waals surface area contributed by atoms with Crippen LogP contribution in [0.4, 0.5) is 5.69 Å². The van der Waals surface area contributed by atoms with Crippen molar-refractivity contribution in [1.82, 2.24) is 4.98 Å². The van der Waals surface area contributed by atoms with Crippen LogP contribution in [0.15, 0.2) is 47.6 Å². The molecule has 0 aliphatic carbocycles. The van der Waals surface area contributed by atoms with Gasteiger partial charge in [-0.3, -0.25) is 0 Å². The van der Waals surface area contributed by atoms with Crippen molar-refractivity contribution in [3.05, 3.63) is 48.2 Å². The van der Waals surface area contributed by atoms with Crippen LogP contribution >= 0.6 is 11.8 Å². The van der Waals surface area contributed by atoms with Crippen molar-refractivity contribution in [2.45, 2.75) is 10.8 Å². The molecule has 0 saturated heterocycles. The monoisotopic (exact) mass is 246 g/mol. The molecule has 1 aromatic carbocycles. The van der Waals surface area contributed by atoms with Gasteiger partial charge in [-0.05, 0) is 5.56 Å². The molecule has 0 saturated carbocycles. The van der Waals surface area contributed by atoms with Crippen LogP contribution in [0.1, 0.15) is 5.56 Å². The maximum atomic E-state index is 5.66. The molecule has 2 aromatic rings. The highest BCUT2D eigenvalue weighted by Gasteiger charge is 2.06. The average Bonchev–Trinajstić information content (AvgIpc) is 2.38. The number of anilines is 1. The van der Waals surface area contributed by atoms with Gasteiger partial charge in [0.2, 0.25) is 0 Å². The molecule has 2 N–H and O–H groups in total. The molecule has 4 heteroatoms. The molecular formula is C13H14N2OS. The molecule has 2 rings (SSSR count). The van der Waals surface area contributed by atoms with E-state index in [9.17, 15) is 0 Å². The number of hydrogen-bond donors (Lipinski definition) is 1. The summed E-state index contributed by atoms with van der Waals surface area (Å²) in [4.78, 5) is 4.28. The van der Waals surface area contributed by atoms with Crippen molar-refractivity contribution in [3.63, 3.8) is 0 Å². The molecule has 0 atom stereocenters. The maximum Gasteiger partial charge on any atom is 0.153 e. The van der Waals surface area contributed by atoms with Gasteiger partial charge < -0.3 is 10.5 Å². The second-order valence-electron chi connectivity index (χ2n) is 3.55.